The van der Waals surface area contributed by atoms with Gasteiger partial charge in [0.25, 0.3) is 5.91 Å². The van der Waals surface area contributed by atoms with Crippen molar-refractivity contribution < 1.29 is 9.21 Å². The molecule has 1 aromatic carbocycles. The van der Waals surface area contributed by atoms with Crippen molar-refractivity contribution >= 4 is 28.8 Å². The Kier molecular flexibility index (Phi) is 4.08. The molecule has 5 heteroatoms. The van der Waals surface area contributed by atoms with Crippen molar-refractivity contribution in [3.05, 3.63) is 69.6 Å². The summed E-state index contributed by atoms with van der Waals surface area (Å²) in [7, 11) is 0. The first-order valence-corrected chi connectivity index (χ1v) is 7.64. The molecule has 0 atom stereocenters. The van der Waals surface area contributed by atoms with E-state index in [4.69, 9.17) is 16.0 Å². The molecule has 106 valence electrons. The Balaban J connectivity index is 1.69. The summed E-state index contributed by atoms with van der Waals surface area (Å²) in [5, 5.41) is 5.48. The van der Waals surface area contributed by atoms with E-state index in [1.165, 1.54) is 0 Å². The highest BCUT2D eigenvalue weighted by atomic mass is 35.5. The highest BCUT2D eigenvalue weighted by molar-refractivity contribution is 7.09. The van der Waals surface area contributed by atoms with Crippen molar-refractivity contribution in [3.8, 4) is 11.3 Å². The highest BCUT2D eigenvalue weighted by Gasteiger charge is 2.12. The Labute approximate surface area is 131 Å². The predicted molar refractivity (Wildman–Crippen MR) is 84.6 cm³/mol. The van der Waals surface area contributed by atoms with Crippen LogP contribution in [0.3, 0.4) is 0 Å². The zero-order valence-electron chi connectivity index (χ0n) is 11.0. The van der Waals surface area contributed by atoms with Crippen LogP contribution in [0.25, 0.3) is 11.3 Å². The number of nitrogens with one attached hydrogen (secondary N) is 1. The van der Waals surface area contributed by atoms with Gasteiger partial charge < -0.3 is 9.73 Å². The van der Waals surface area contributed by atoms with E-state index in [1.807, 2.05) is 29.6 Å². The highest BCUT2D eigenvalue weighted by Crippen LogP contribution is 2.23. The fourth-order valence-electron chi connectivity index (χ4n) is 1.90. The first-order chi connectivity index (χ1) is 10.2. The standard InChI is InChI=1S/C16H12ClNO2S/c17-12-5-3-11(4-6-12)14-7-8-15(20-14)16(19)18-10-13-2-1-9-21-13/h1-9H,10H2,(H,18,19). The van der Waals surface area contributed by atoms with E-state index in [9.17, 15) is 4.79 Å². The minimum Gasteiger partial charge on any atom is -0.451 e. The third-order valence-corrected chi connectivity index (χ3v) is 4.09. The number of rotatable bonds is 4. The van der Waals surface area contributed by atoms with Gasteiger partial charge in [-0.05, 0) is 47.8 Å². The molecule has 0 aliphatic rings. The van der Waals surface area contributed by atoms with Crippen molar-refractivity contribution in [2.75, 3.05) is 0 Å². The zero-order chi connectivity index (χ0) is 14.7. The molecule has 1 N–H and O–H groups in total. The number of carbonyl (C=O) groups is 1. The summed E-state index contributed by atoms with van der Waals surface area (Å²) in [5.74, 6) is 0.730. The maximum absolute atomic E-state index is 12.0. The van der Waals surface area contributed by atoms with Crippen molar-refractivity contribution in [2.24, 2.45) is 0 Å². The fraction of sp³-hybridized carbons (Fsp3) is 0.0625. The lowest BCUT2D eigenvalue weighted by molar-refractivity contribution is 0.0924. The number of carbonyl (C=O) groups excluding carboxylic acids is 1. The molecule has 1 amide bonds. The molecule has 3 nitrogen and oxygen atoms in total. The minimum absolute atomic E-state index is 0.219. The van der Waals surface area contributed by atoms with Crippen LogP contribution in [-0.4, -0.2) is 5.91 Å². The number of amides is 1. The molecule has 0 spiro atoms. The third kappa shape index (κ3) is 3.35. The van der Waals surface area contributed by atoms with Gasteiger partial charge in [0.05, 0.1) is 6.54 Å². The normalized spacial score (nSPS) is 10.5. The van der Waals surface area contributed by atoms with Gasteiger partial charge >= 0.3 is 0 Å². The summed E-state index contributed by atoms with van der Waals surface area (Å²) in [6.45, 7) is 0.507. The molecule has 0 radical (unpaired) electrons. The van der Waals surface area contributed by atoms with Crippen LogP contribution in [0.15, 0.2) is 58.3 Å². The smallest absolute Gasteiger partial charge is 0.287 e. The number of halogens is 1. The molecule has 0 saturated carbocycles. The Morgan fingerprint density at radius 2 is 1.95 bits per heavy atom. The second-order valence-corrected chi connectivity index (χ2v) is 5.90. The third-order valence-electron chi connectivity index (χ3n) is 2.96. The Morgan fingerprint density at radius 1 is 1.14 bits per heavy atom. The van der Waals surface area contributed by atoms with Crippen LogP contribution in [-0.2, 0) is 6.54 Å². The van der Waals surface area contributed by atoms with Crippen molar-refractivity contribution in [1.29, 1.82) is 0 Å². The lowest BCUT2D eigenvalue weighted by Crippen LogP contribution is -2.21. The van der Waals surface area contributed by atoms with Gasteiger partial charge in [0, 0.05) is 15.5 Å². The van der Waals surface area contributed by atoms with E-state index >= 15 is 0 Å². The lowest BCUT2D eigenvalue weighted by atomic mass is 10.2. The van der Waals surface area contributed by atoms with Gasteiger partial charge in [-0.3, -0.25) is 4.79 Å². The average Bonchev–Trinajstić information content (AvgIpc) is 3.17. The molecule has 0 aliphatic carbocycles. The maximum atomic E-state index is 12.0. The van der Waals surface area contributed by atoms with Gasteiger partial charge in [-0.2, -0.15) is 0 Å². The van der Waals surface area contributed by atoms with Crippen molar-refractivity contribution in [1.82, 2.24) is 5.32 Å². The molecule has 3 rings (SSSR count). The van der Waals surface area contributed by atoms with Crippen LogP contribution < -0.4 is 5.32 Å². The predicted octanol–water partition coefficient (Wildman–Crippen LogP) is 4.59. The summed E-state index contributed by atoms with van der Waals surface area (Å²) < 4.78 is 5.59. The number of hydrogen-bond donors (Lipinski definition) is 1. The van der Waals surface area contributed by atoms with E-state index in [-0.39, 0.29) is 5.91 Å². The van der Waals surface area contributed by atoms with Gasteiger partial charge in [0.2, 0.25) is 0 Å². The molecule has 0 saturated heterocycles. The van der Waals surface area contributed by atoms with Gasteiger partial charge in [0.15, 0.2) is 5.76 Å². The van der Waals surface area contributed by atoms with Crippen molar-refractivity contribution in [2.45, 2.75) is 6.54 Å². The largest absolute Gasteiger partial charge is 0.451 e. The first kappa shape index (κ1) is 13.9. The molecule has 21 heavy (non-hydrogen) atoms. The van der Waals surface area contributed by atoms with Crippen LogP contribution in [0.4, 0.5) is 0 Å². The second kappa shape index (κ2) is 6.16. The van der Waals surface area contributed by atoms with Gasteiger partial charge in [-0.1, -0.05) is 17.7 Å². The topological polar surface area (TPSA) is 42.2 Å². The average molecular weight is 318 g/mol. The molecule has 2 heterocycles. The van der Waals surface area contributed by atoms with Crippen LogP contribution in [0.2, 0.25) is 5.02 Å². The number of thiophene rings is 1. The van der Waals surface area contributed by atoms with E-state index in [0.29, 0.717) is 23.1 Å². The molecule has 0 aliphatic heterocycles. The maximum Gasteiger partial charge on any atom is 0.287 e. The van der Waals surface area contributed by atoms with Gasteiger partial charge in [0.1, 0.15) is 5.76 Å². The number of benzene rings is 1. The summed E-state index contributed by atoms with van der Waals surface area (Å²) in [5.41, 5.74) is 0.886. The summed E-state index contributed by atoms with van der Waals surface area (Å²) in [6, 6.07) is 14.7. The second-order valence-electron chi connectivity index (χ2n) is 4.43. The van der Waals surface area contributed by atoms with Crippen LogP contribution in [0.1, 0.15) is 15.4 Å². The number of hydrogen-bond acceptors (Lipinski definition) is 3. The van der Waals surface area contributed by atoms with E-state index < -0.39 is 0 Å². The monoisotopic (exact) mass is 317 g/mol. The molecule has 3 aromatic rings. The van der Waals surface area contributed by atoms with Gasteiger partial charge in [-0.25, -0.2) is 0 Å². The van der Waals surface area contributed by atoms with E-state index in [1.54, 1.807) is 35.6 Å². The molecule has 0 fully saturated rings. The molecule has 2 aromatic heterocycles. The van der Waals surface area contributed by atoms with E-state index in [2.05, 4.69) is 5.32 Å². The summed E-state index contributed by atoms with van der Waals surface area (Å²) in [6.07, 6.45) is 0. The summed E-state index contributed by atoms with van der Waals surface area (Å²) >= 11 is 7.46. The quantitative estimate of drug-likeness (QED) is 0.764. The lowest BCUT2D eigenvalue weighted by Gasteiger charge is -2.01. The molecular weight excluding hydrogens is 306 g/mol. The molecular formula is C16H12ClNO2S. The van der Waals surface area contributed by atoms with E-state index in [0.717, 1.165) is 10.4 Å². The Morgan fingerprint density at radius 3 is 2.67 bits per heavy atom. The Hall–Kier alpha value is -2.04. The van der Waals surface area contributed by atoms with Crippen molar-refractivity contribution in [3.63, 3.8) is 0 Å². The first-order valence-electron chi connectivity index (χ1n) is 6.39. The number of furan rings is 1. The van der Waals surface area contributed by atoms with Crippen LogP contribution in [0, 0.1) is 0 Å². The van der Waals surface area contributed by atoms with Gasteiger partial charge in [-0.15, -0.1) is 11.3 Å². The van der Waals surface area contributed by atoms with Crippen LogP contribution in [0.5, 0.6) is 0 Å². The zero-order valence-corrected chi connectivity index (χ0v) is 12.6. The minimum atomic E-state index is -0.219. The molecule has 0 bridgehead atoms. The SMILES string of the molecule is O=C(NCc1cccs1)c1ccc(-c2ccc(Cl)cc2)o1. The Bertz CT molecular complexity index is 732. The summed E-state index contributed by atoms with van der Waals surface area (Å²) in [4.78, 5) is 13.1. The fourth-order valence-corrected chi connectivity index (χ4v) is 2.67. The molecule has 0 unspecified atom stereocenters. The van der Waals surface area contributed by atoms with Crippen LogP contribution >= 0.6 is 22.9 Å².